The molecule has 0 aliphatic heterocycles. The summed E-state index contributed by atoms with van der Waals surface area (Å²) in [5.41, 5.74) is 4.07. The van der Waals surface area contributed by atoms with Gasteiger partial charge in [-0.15, -0.1) is 0 Å². The third kappa shape index (κ3) is 3.83. The highest BCUT2D eigenvalue weighted by Gasteiger charge is 2.11. The summed E-state index contributed by atoms with van der Waals surface area (Å²) in [4.78, 5) is 32.4. The average Bonchev–Trinajstić information content (AvgIpc) is 2.36. The number of hydrogen-bond donors (Lipinski definition) is 2. The van der Waals surface area contributed by atoms with Crippen LogP contribution < -0.4 is 10.9 Å². The van der Waals surface area contributed by atoms with Gasteiger partial charge in [-0.05, 0) is 6.07 Å². The largest absolute Gasteiger partial charge is 0.375 e. The lowest BCUT2D eigenvalue weighted by Crippen LogP contribution is -2.43. The van der Waals surface area contributed by atoms with Gasteiger partial charge in [-0.3, -0.25) is 30.6 Å². The smallest absolute Gasteiger partial charge is 0.270 e. The van der Waals surface area contributed by atoms with Gasteiger partial charge in [0.1, 0.15) is 6.61 Å². The molecule has 0 aliphatic carbocycles. The second kappa shape index (κ2) is 6.30. The maximum absolute atomic E-state index is 11.5. The van der Waals surface area contributed by atoms with Gasteiger partial charge >= 0.3 is 0 Å². The van der Waals surface area contributed by atoms with Crippen LogP contribution in [0.4, 0.5) is 5.69 Å². The second-order valence-electron chi connectivity index (χ2n) is 3.24. The fourth-order valence-electron chi connectivity index (χ4n) is 1.13. The van der Waals surface area contributed by atoms with Crippen LogP contribution in [0.3, 0.4) is 0 Å². The van der Waals surface area contributed by atoms with Gasteiger partial charge in [-0.25, -0.2) is 0 Å². The number of ether oxygens (including phenoxy) is 1. The summed E-state index contributed by atoms with van der Waals surface area (Å²) in [7, 11) is 1.34. The molecule has 0 spiro atoms. The van der Waals surface area contributed by atoms with Crippen LogP contribution in [0.5, 0.6) is 0 Å². The number of non-ortho nitro benzene ring substituents is 1. The summed E-state index contributed by atoms with van der Waals surface area (Å²) in [6.07, 6.45) is 0. The third-order valence-corrected chi connectivity index (χ3v) is 1.91. The molecule has 1 rings (SSSR count). The lowest BCUT2D eigenvalue weighted by Gasteiger charge is -2.06. The average molecular weight is 253 g/mol. The van der Waals surface area contributed by atoms with E-state index < -0.39 is 16.7 Å². The topological polar surface area (TPSA) is 111 Å². The van der Waals surface area contributed by atoms with E-state index in [4.69, 9.17) is 0 Å². The summed E-state index contributed by atoms with van der Waals surface area (Å²) in [6, 6.07) is 5.15. The molecule has 96 valence electrons. The molecule has 0 bridgehead atoms. The Morgan fingerprint density at radius 3 is 2.72 bits per heavy atom. The summed E-state index contributed by atoms with van der Waals surface area (Å²) < 4.78 is 4.54. The van der Waals surface area contributed by atoms with Gasteiger partial charge < -0.3 is 4.74 Å². The lowest BCUT2D eigenvalue weighted by molar-refractivity contribution is -0.384. The van der Waals surface area contributed by atoms with Gasteiger partial charge in [-0.1, -0.05) is 6.07 Å². The minimum Gasteiger partial charge on any atom is -0.375 e. The van der Waals surface area contributed by atoms with Gasteiger partial charge in [0.2, 0.25) is 0 Å². The van der Waals surface area contributed by atoms with Gasteiger partial charge in [-0.2, -0.15) is 0 Å². The summed E-state index contributed by atoms with van der Waals surface area (Å²) >= 11 is 0. The van der Waals surface area contributed by atoms with E-state index in [2.05, 4.69) is 15.6 Å². The van der Waals surface area contributed by atoms with E-state index in [0.717, 1.165) is 6.07 Å². The van der Waals surface area contributed by atoms with Crippen molar-refractivity contribution in [1.82, 2.24) is 10.9 Å². The minimum absolute atomic E-state index is 0.0712. The fourth-order valence-corrected chi connectivity index (χ4v) is 1.13. The molecular weight excluding hydrogens is 242 g/mol. The number of nitrogens with one attached hydrogen (secondary N) is 2. The third-order valence-electron chi connectivity index (χ3n) is 1.91. The first-order valence-corrected chi connectivity index (χ1v) is 4.87. The number of carbonyl (C=O) groups excluding carboxylic acids is 2. The van der Waals surface area contributed by atoms with Gasteiger partial charge in [0.05, 0.1) is 4.92 Å². The second-order valence-corrected chi connectivity index (χ2v) is 3.24. The van der Waals surface area contributed by atoms with Crippen LogP contribution in [-0.2, 0) is 9.53 Å². The van der Waals surface area contributed by atoms with Crippen molar-refractivity contribution in [2.75, 3.05) is 13.7 Å². The molecule has 0 radical (unpaired) electrons. The predicted molar refractivity (Wildman–Crippen MR) is 60.6 cm³/mol. The highest BCUT2D eigenvalue weighted by molar-refractivity contribution is 5.95. The highest BCUT2D eigenvalue weighted by atomic mass is 16.6. The molecule has 1 aromatic carbocycles. The van der Waals surface area contributed by atoms with E-state index in [1.807, 2.05) is 0 Å². The standard InChI is InChI=1S/C10H11N3O5/c1-18-6-9(14)11-12-10(15)7-3-2-4-8(5-7)13(16)17/h2-5H,6H2,1H3,(H,11,14)(H,12,15). The molecule has 0 aromatic heterocycles. The Morgan fingerprint density at radius 1 is 1.39 bits per heavy atom. The quantitative estimate of drug-likeness (QED) is 0.579. The van der Waals surface area contributed by atoms with Crippen molar-refractivity contribution in [3.8, 4) is 0 Å². The minimum atomic E-state index is -0.650. The number of carbonyl (C=O) groups is 2. The molecule has 8 heteroatoms. The maximum Gasteiger partial charge on any atom is 0.270 e. The Balaban J connectivity index is 2.64. The van der Waals surface area contributed by atoms with Gasteiger partial charge in [0.15, 0.2) is 0 Å². The zero-order valence-corrected chi connectivity index (χ0v) is 9.50. The van der Waals surface area contributed by atoms with E-state index in [1.54, 1.807) is 0 Å². The van der Waals surface area contributed by atoms with E-state index in [-0.39, 0.29) is 17.9 Å². The van der Waals surface area contributed by atoms with Crippen LogP contribution in [-0.4, -0.2) is 30.5 Å². The number of nitrogens with zero attached hydrogens (tertiary/aromatic N) is 1. The SMILES string of the molecule is COCC(=O)NNC(=O)c1cccc([N+](=O)[O-])c1. The van der Waals surface area contributed by atoms with E-state index in [9.17, 15) is 19.7 Å². The number of hydrogen-bond acceptors (Lipinski definition) is 5. The molecular formula is C10H11N3O5. The molecule has 18 heavy (non-hydrogen) atoms. The Kier molecular flexibility index (Phi) is 4.76. The monoisotopic (exact) mass is 253 g/mol. The van der Waals surface area contributed by atoms with Crippen molar-refractivity contribution in [2.45, 2.75) is 0 Å². The summed E-state index contributed by atoms with van der Waals surface area (Å²) in [5.74, 6) is -1.18. The number of rotatable bonds is 4. The predicted octanol–water partition coefficient (Wildman–Crippen LogP) is 0.00220. The normalized spacial score (nSPS) is 9.61. The summed E-state index contributed by atoms with van der Waals surface area (Å²) in [6.45, 7) is -0.199. The highest BCUT2D eigenvalue weighted by Crippen LogP contribution is 2.12. The Labute approximate surface area is 102 Å². The van der Waals surface area contributed by atoms with E-state index in [0.29, 0.717) is 0 Å². The molecule has 0 saturated carbocycles. The van der Waals surface area contributed by atoms with Crippen LogP contribution >= 0.6 is 0 Å². The van der Waals surface area contributed by atoms with Crippen molar-refractivity contribution in [2.24, 2.45) is 0 Å². The van der Waals surface area contributed by atoms with Crippen LogP contribution in [0.25, 0.3) is 0 Å². The number of nitro groups is 1. The molecule has 8 nitrogen and oxygen atoms in total. The fraction of sp³-hybridized carbons (Fsp3) is 0.200. The van der Waals surface area contributed by atoms with Crippen LogP contribution in [0.2, 0.25) is 0 Å². The number of methoxy groups -OCH3 is 1. The first kappa shape index (κ1) is 13.6. The van der Waals surface area contributed by atoms with Crippen molar-refractivity contribution in [3.63, 3.8) is 0 Å². The molecule has 0 unspecified atom stereocenters. The van der Waals surface area contributed by atoms with Crippen molar-refractivity contribution >= 4 is 17.5 Å². The van der Waals surface area contributed by atoms with Crippen molar-refractivity contribution < 1.29 is 19.2 Å². The van der Waals surface area contributed by atoms with Gasteiger partial charge in [0.25, 0.3) is 17.5 Å². The van der Waals surface area contributed by atoms with Crippen molar-refractivity contribution in [3.05, 3.63) is 39.9 Å². The lowest BCUT2D eigenvalue weighted by atomic mass is 10.2. The maximum atomic E-state index is 11.5. The number of nitro benzene ring substituents is 1. The van der Waals surface area contributed by atoms with Gasteiger partial charge in [0, 0.05) is 24.8 Å². The van der Waals surface area contributed by atoms with Crippen LogP contribution in [0.15, 0.2) is 24.3 Å². The van der Waals surface area contributed by atoms with Crippen molar-refractivity contribution in [1.29, 1.82) is 0 Å². The zero-order valence-electron chi connectivity index (χ0n) is 9.50. The molecule has 0 heterocycles. The molecule has 0 atom stereocenters. The summed E-state index contributed by atoms with van der Waals surface area (Å²) in [5, 5.41) is 10.5. The number of hydrazine groups is 1. The Hall–Kier alpha value is -2.48. The zero-order chi connectivity index (χ0) is 13.5. The molecule has 1 aromatic rings. The first-order valence-electron chi connectivity index (χ1n) is 4.87. The molecule has 0 aliphatic rings. The molecule has 0 saturated heterocycles. The van der Waals surface area contributed by atoms with E-state index >= 15 is 0 Å². The Bertz CT molecular complexity index is 474. The van der Waals surface area contributed by atoms with Crippen LogP contribution in [0, 0.1) is 10.1 Å². The molecule has 0 fully saturated rings. The van der Waals surface area contributed by atoms with E-state index in [1.165, 1.54) is 25.3 Å². The number of amides is 2. The number of benzene rings is 1. The Morgan fingerprint density at radius 2 is 2.11 bits per heavy atom. The molecule has 2 amide bonds. The van der Waals surface area contributed by atoms with Crippen LogP contribution in [0.1, 0.15) is 10.4 Å². The first-order chi connectivity index (χ1) is 8.54. The molecule has 2 N–H and O–H groups in total.